The third-order valence-electron chi connectivity index (χ3n) is 7.38. The molecule has 0 amide bonds. The van der Waals surface area contributed by atoms with Crippen molar-refractivity contribution in [3.63, 3.8) is 0 Å². The van der Waals surface area contributed by atoms with Crippen LogP contribution in [0.4, 0.5) is 0 Å². The van der Waals surface area contributed by atoms with Gasteiger partial charge in [-0.1, -0.05) is 98.8 Å². The quantitative estimate of drug-likeness (QED) is 0.258. The van der Waals surface area contributed by atoms with Gasteiger partial charge in [0.05, 0.1) is 16.7 Å². The Morgan fingerprint density at radius 3 is 2.25 bits per heavy atom. The van der Waals surface area contributed by atoms with E-state index in [1.54, 1.807) is 0 Å². The second-order valence-electron chi connectivity index (χ2n) is 9.44. The Balaban J connectivity index is 1.61. The molecular weight excluding hydrogens is 386 g/mol. The van der Waals surface area contributed by atoms with Crippen molar-refractivity contribution in [2.24, 2.45) is 0 Å². The van der Waals surface area contributed by atoms with Gasteiger partial charge in [0, 0.05) is 16.2 Å². The molecule has 7 rings (SSSR count). The first-order valence-corrected chi connectivity index (χ1v) is 11.3. The second kappa shape index (κ2) is 6.11. The van der Waals surface area contributed by atoms with Gasteiger partial charge in [0.1, 0.15) is 0 Å². The molecule has 32 heavy (non-hydrogen) atoms. The van der Waals surface area contributed by atoms with Crippen LogP contribution in [-0.2, 0) is 5.41 Å². The van der Waals surface area contributed by atoms with Crippen LogP contribution in [0.1, 0.15) is 25.0 Å². The molecule has 0 saturated carbocycles. The third kappa shape index (κ3) is 2.18. The standard InChI is InChI=1S/C31H23N/c1-31(2)26-14-5-6-16-29(26)32-28-18-17-21(19-25(28)24-13-8-15-27(31)30(24)32)23-12-7-10-20-9-3-4-11-22(20)23/h3-19H,1-2H3. The Hall–Kier alpha value is -3.84. The van der Waals surface area contributed by atoms with E-state index < -0.39 is 0 Å². The average Bonchev–Trinajstić information content (AvgIpc) is 3.17. The van der Waals surface area contributed by atoms with Crippen molar-refractivity contribution in [1.29, 1.82) is 0 Å². The van der Waals surface area contributed by atoms with Crippen LogP contribution in [0.15, 0.2) is 103 Å². The van der Waals surface area contributed by atoms with Gasteiger partial charge in [0.15, 0.2) is 0 Å². The van der Waals surface area contributed by atoms with Crippen LogP contribution in [0.5, 0.6) is 0 Å². The summed E-state index contributed by atoms with van der Waals surface area (Å²) in [5.41, 5.74) is 9.24. The molecule has 2 heterocycles. The monoisotopic (exact) mass is 409 g/mol. The summed E-state index contributed by atoms with van der Waals surface area (Å²) < 4.78 is 2.48. The predicted octanol–water partition coefficient (Wildman–Crippen LogP) is 8.24. The van der Waals surface area contributed by atoms with Crippen molar-refractivity contribution in [3.05, 3.63) is 114 Å². The average molecular weight is 410 g/mol. The largest absolute Gasteiger partial charge is 0.309 e. The third-order valence-corrected chi connectivity index (χ3v) is 7.38. The number of hydrogen-bond acceptors (Lipinski definition) is 0. The molecule has 0 atom stereocenters. The lowest BCUT2D eigenvalue weighted by Gasteiger charge is -2.34. The van der Waals surface area contributed by atoms with E-state index in [0.717, 1.165) is 0 Å². The molecule has 0 N–H and O–H groups in total. The van der Waals surface area contributed by atoms with Crippen LogP contribution in [-0.4, -0.2) is 4.57 Å². The van der Waals surface area contributed by atoms with Crippen LogP contribution in [0, 0.1) is 0 Å². The van der Waals surface area contributed by atoms with E-state index in [-0.39, 0.29) is 5.41 Å². The van der Waals surface area contributed by atoms with Gasteiger partial charge in [0.2, 0.25) is 0 Å². The highest BCUT2D eigenvalue weighted by Gasteiger charge is 2.34. The number of para-hydroxylation sites is 2. The van der Waals surface area contributed by atoms with Crippen molar-refractivity contribution in [1.82, 2.24) is 4.57 Å². The number of aromatic nitrogens is 1. The fourth-order valence-electron chi connectivity index (χ4n) is 5.81. The summed E-state index contributed by atoms with van der Waals surface area (Å²) in [4.78, 5) is 0. The van der Waals surface area contributed by atoms with Gasteiger partial charge < -0.3 is 4.57 Å². The summed E-state index contributed by atoms with van der Waals surface area (Å²) in [6.07, 6.45) is 0. The molecule has 1 heteroatoms. The van der Waals surface area contributed by atoms with Gasteiger partial charge in [-0.3, -0.25) is 0 Å². The van der Waals surface area contributed by atoms with Crippen LogP contribution < -0.4 is 0 Å². The maximum atomic E-state index is 2.48. The summed E-state index contributed by atoms with van der Waals surface area (Å²) in [6.45, 7) is 4.70. The molecule has 1 aliphatic heterocycles. The molecule has 0 saturated heterocycles. The molecule has 1 nitrogen and oxygen atoms in total. The molecule has 152 valence electrons. The molecule has 0 spiro atoms. The van der Waals surface area contributed by atoms with E-state index in [2.05, 4.69) is 122 Å². The second-order valence-corrected chi connectivity index (χ2v) is 9.44. The first-order valence-electron chi connectivity index (χ1n) is 11.3. The van der Waals surface area contributed by atoms with Gasteiger partial charge in [-0.05, 0) is 51.2 Å². The molecule has 1 aliphatic rings. The zero-order chi connectivity index (χ0) is 21.4. The van der Waals surface area contributed by atoms with Crippen LogP contribution in [0.25, 0.3) is 49.4 Å². The molecule has 1 aromatic heterocycles. The highest BCUT2D eigenvalue weighted by Crippen LogP contribution is 2.47. The van der Waals surface area contributed by atoms with E-state index in [0.29, 0.717) is 0 Å². The first-order chi connectivity index (χ1) is 15.6. The number of fused-ring (bicyclic) bond motifs is 6. The molecule has 5 aromatic carbocycles. The maximum Gasteiger partial charge on any atom is 0.0582 e. The lowest BCUT2D eigenvalue weighted by Crippen LogP contribution is -2.26. The van der Waals surface area contributed by atoms with E-state index in [9.17, 15) is 0 Å². The smallest absolute Gasteiger partial charge is 0.0582 e. The SMILES string of the molecule is CC1(C)c2ccccc2-n2c3ccc(-c4cccc5ccccc45)cc3c3cccc1c32. The summed E-state index contributed by atoms with van der Waals surface area (Å²) in [7, 11) is 0. The van der Waals surface area contributed by atoms with Gasteiger partial charge in [-0.15, -0.1) is 0 Å². The number of nitrogens with zero attached hydrogens (tertiary/aromatic N) is 1. The fraction of sp³-hybridized carbons (Fsp3) is 0.0968. The van der Waals surface area contributed by atoms with E-state index in [1.165, 1.54) is 60.5 Å². The van der Waals surface area contributed by atoms with Crippen molar-refractivity contribution in [3.8, 4) is 16.8 Å². The van der Waals surface area contributed by atoms with Gasteiger partial charge >= 0.3 is 0 Å². The van der Waals surface area contributed by atoms with Crippen LogP contribution in [0.2, 0.25) is 0 Å². The first kappa shape index (κ1) is 17.8. The number of rotatable bonds is 1. The minimum Gasteiger partial charge on any atom is -0.309 e. The Morgan fingerprint density at radius 1 is 0.594 bits per heavy atom. The maximum absolute atomic E-state index is 2.48. The Bertz CT molecular complexity index is 1690. The van der Waals surface area contributed by atoms with Gasteiger partial charge in [0.25, 0.3) is 0 Å². The van der Waals surface area contributed by atoms with Crippen molar-refractivity contribution in [2.75, 3.05) is 0 Å². The Kier molecular flexibility index (Phi) is 3.40. The molecule has 0 bridgehead atoms. The number of benzene rings is 5. The predicted molar refractivity (Wildman–Crippen MR) is 136 cm³/mol. The summed E-state index contributed by atoms with van der Waals surface area (Å²) in [5.74, 6) is 0. The lowest BCUT2D eigenvalue weighted by molar-refractivity contribution is 0.630. The molecule has 0 fully saturated rings. The van der Waals surface area contributed by atoms with Gasteiger partial charge in [-0.25, -0.2) is 0 Å². The summed E-state index contributed by atoms with van der Waals surface area (Å²) in [5, 5.41) is 5.24. The molecule has 6 aromatic rings. The van der Waals surface area contributed by atoms with Crippen molar-refractivity contribution < 1.29 is 0 Å². The lowest BCUT2D eigenvalue weighted by atomic mass is 9.75. The number of hydrogen-bond donors (Lipinski definition) is 0. The van der Waals surface area contributed by atoms with Crippen molar-refractivity contribution >= 4 is 32.6 Å². The highest BCUT2D eigenvalue weighted by atomic mass is 15.0. The van der Waals surface area contributed by atoms with E-state index in [4.69, 9.17) is 0 Å². The zero-order valence-corrected chi connectivity index (χ0v) is 18.3. The summed E-state index contributed by atoms with van der Waals surface area (Å²) >= 11 is 0. The molecule has 0 aliphatic carbocycles. The Morgan fingerprint density at radius 2 is 1.31 bits per heavy atom. The van der Waals surface area contributed by atoms with Gasteiger partial charge in [-0.2, -0.15) is 0 Å². The van der Waals surface area contributed by atoms with E-state index in [1.807, 2.05) is 0 Å². The topological polar surface area (TPSA) is 4.93 Å². The van der Waals surface area contributed by atoms with Crippen LogP contribution in [0.3, 0.4) is 0 Å². The fourth-order valence-corrected chi connectivity index (χ4v) is 5.81. The normalized spacial score (nSPS) is 14.2. The summed E-state index contributed by atoms with van der Waals surface area (Å²) in [6, 6.07) is 37.9. The molecular formula is C31H23N. The minimum absolute atomic E-state index is 0.0288. The highest BCUT2D eigenvalue weighted by molar-refractivity contribution is 6.13. The van der Waals surface area contributed by atoms with Crippen LogP contribution >= 0.6 is 0 Å². The molecule has 0 radical (unpaired) electrons. The van der Waals surface area contributed by atoms with Crippen molar-refractivity contribution in [2.45, 2.75) is 19.3 Å². The van der Waals surface area contributed by atoms with E-state index >= 15 is 0 Å². The molecule has 0 unspecified atom stereocenters. The minimum atomic E-state index is -0.0288. The zero-order valence-electron chi connectivity index (χ0n) is 18.3. The Labute approximate surface area is 187 Å².